The minimum atomic E-state index is -2.76. The van der Waals surface area contributed by atoms with Crippen molar-refractivity contribution in [1.82, 2.24) is 4.98 Å². The maximum Gasteiger partial charge on any atom is 0.252 e. The average molecular weight is 308 g/mol. The first kappa shape index (κ1) is 16.6. The first-order valence-corrected chi connectivity index (χ1v) is 5.95. The van der Waals surface area contributed by atoms with Crippen molar-refractivity contribution in [2.24, 2.45) is 11.5 Å². The monoisotopic (exact) mass is 307 g/mol. The number of halogens is 3. The smallest absolute Gasteiger partial charge is 0.252 e. The molecule has 1 aromatic rings. The van der Waals surface area contributed by atoms with E-state index in [4.69, 9.17) is 11.5 Å². The van der Waals surface area contributed by atoms with Crippen molar-refractivity contribution in [3.05, 3.63) is 33.2 Å². The molecule has 0 saturated heterocycles. The van der Waals surface area contributed by atoms with Gasteiger partial charge in [0, 0.05) is 30.5 Å². The second kappa shape index (κ2) is 5.88. The molecule has 0 saturated carbocycles. The van der Waals surface area contributed by atoms with Gasteiger partial charge in [-0.05, 0) is 18.1 Å². The highest BCUT2D eigenvalue weighted by Crippen LogP contribution is 2.31. The summed E-state index contributed by atoms with van der Waals surface area (Å²) in [5.74, 6) is -3.49. The van der Waals surface area contributed by atoms with E-state index < -0.39 is 29.9 Å². The van der Waals surface area contributed by atoms with E-state index in [9.17, 15) is 18.4 Å². The van der Waals surface area contributed by atoms with Gasteiger partial charge in [0.2, 0.25) is 5.91 Å². The van der Waals surface area contributed by atoms with Crippen LogP contribution in [-0.4, -0.2) is 22.9 Å². The molecule has 0 radical (unpaired) electrons. The molecule has 1 unspecified atom stereocenters. The first-order valence-electron chi connectivity index (χ1n) is 5.95. The van der Waals surface area contributed by atoms with Crippen LogP contribution in [0.4, 0.5) is 8.78 Å². The van der Waals surface area contributed by atoms with Crippen molar-refractivity contribution in [1.29, 1.82) is 0 Å². The summed E-state index contributed by atoms with van der Waals surface area (Å²) in [6.45, 7) is 0. The van der Waals surface area contributed by atoms with Crippen molar-refractivity contribution in [2.75, 3.05) is 0 Å². The van der Waals surface area contributed by atoms with Crippen LogP contribution in [0.15, 0.2) is 10.9 Å². The molecule has 0 aliphatic heterocycles. The predicted molar refractivity (Wildman–Crippen MR) is 72.2 cm³/mol. The van der Waals surface area contributed by atoms with Crippen LogP contribution in [0.25, 0.3) is 0 Å². The maximum absolute atomic E-state index is 13.3. The number of carbonyl (C=O) groups is 1. The fourth-order valence-electron chi connectivity index (χ4n) is 2.21. The zero-order valence-electron chi connectivity index (χ0n) is 10.6. The van der Waals surface area contributed by atoms with Crippen LogP contribution < -0.4 is 17.0 Å². The SMILES string of the molecule is Cl.NC(=O)C(N)Cc1cc2c([nH]c1=O)CCC(F)(F)C2. The Labute approximate surface area is 120 Å². The molecule has 5 nitrogen and oxygen atoms in total. The van der Waals surface area contributed by atoms with Crippen LogP contribution in [0, 0.1) is 0 Å². The molecular weight excluding hydrogens is 292 g/mol. The predicted octanol–water partition coefficient (Wildman–Crippen LogP) is 0.276. The molecule has 0 aromatic carbocycles. The van der Waals surface area contributed by atoms with Crippen LogP contribution >= 0.6 is 12.4 Å². The molecule has 1 aromatic heterocycles. The highest BCUT2D eigenvalue weighted by molar-refractivity contribution is 5.85. The lowest BCUT2D eigenvalue weighted by molar-refractivity contribution is -0.119. The van der Waals surface area contributed by atoms with Crippen LogP contribution in [0.3, 0.4) is 0 Å². The zero-order valence-corrected chi connectivity index (χ0v) is 11.4. The highest BCUT2D eigenvalue weighted by Gasteiger charge is 2.34. The summed E-state index contributed by atoms with van der Waals surface area (Å²) < 4.78 is 26.6. The van der Waals surface area contributed by atoms with Crippen molar-refractivity contribution in [2.45, 2.75) is 37.6 Å². The second-order valence-corrected chi connectivity index (χ2v) is 4.87. The number of pyridine rings is 1. The Hall–Kier alpha value is -1.47. The summed E-state index contributed by atoms with van der Waals surface area (Å²) >= 11 is 0. The quantitative estimate of drug-likeness (QED) is 0.747. The number of aromatic nitrogens is 1. The minimum absolute atomic E-state index is 0. The standard InChI is InChI=1S/C12H15F2N3O2.ClH/c13-12(14)2-1-9-7(5-12)3-6(11(19)17-9)4-8(15)10(16)18;/h3,8H,1-2,4-5,15H2,(H2,16,18)(H,17,19);1H. The fourth-order valence-corrected chi connectivity index (χ4v) is 2.21. The molecule has 1 amide bonds. The highest BCUT2D eigenvalue weighted by atomic mass is 35.5. The third-order valence-electron chi connectivity index (χ3n) is 3.29. The van der Waals surface area contributed by atoms with Crippen LogP contribution in [0.1, 0.15) is 23.2 Å². The Morgan fingerprint density at radius 1 is 1.50 bits per heavy atom. The molecular formula is C12H16ClF2N3O2. The molecule has 20 heavy (non-hydrogen) atoms. The number of hydrogen-bond acceptors (Lipinski definition) is 3. The third-order valence-corrected chi connectivity index (χ3v) is 3.29. The van der Waals surface area contributed by atoms with E-state index in [0.717, 1.165) is 0 Å². The normalized spacial score (nSPS) is 17.8. The summed E-state index contributed by atoms with van der Waals surface area (Å²) in [5, 5.41) is 0. The fraction of sp³-hybridized carbons (Fsp3) is 0.500. The van der Waals surface area contributed by atoms with Crippen LogP contribution in [0.2, 0.25) is 0 Å². The van der Waals surface area contributed by atoms with E-state index >= 15 is 0 Å². The van der Waals surface area contributed by atoms with Crippen molar-refractivity contribution in [3.8, 4) is 0 Å². The molecule has 0 bridgehead atoms. The van der Waals surface area contributed by atoms with E-state index in [-0.39, 0.29) is 37.2 Å². The lowest BCUT2D eigenvalue weighted by atomic mass is 9.91. The lowest BCUT2D eigenvalue weighted by Gasteiger charge is -2.24. The lowest BCUT2D eigenvalue weighted by Crippen LogP contribution is -2.40. The van der Waals surface area contributed by atoms with Gasteiger partial charge in [0.25, 0.3) is 11.5 Å². The van der Waals surface area contributed by atoms with Gasteiger partial charge in [-0.1, -0.05) is 0 Å². The number of rotatable bonds is 3. The van der Waals surface area contributed by atoms with E-state index in [1.807, 2.05) is 0 Å². The average Bonchev–Trinajstić information content (AvgIpc) is 2.29. The molecule has 1 atom stereocenters. The number of hydrogen-bond donors (Lipinski definition) is 3. The maximum atomic E-state index is 13.3. The van der Waals surface area contributed by atoms with Crippen LogP contribution in [0.5, 0.6) is 0 Å². The number of amides is 1. The summed E-state index contributed by atoms with van der Waals surface area (Å²) in [6.07, 6.45) is -0.586. The summed E-state index contributed by atoms with van der Waals surface area (Å²) in [5.41, 5.74) is 11.2. The Kier molecular flexibility index (Phi) is 4.88. The van der Waals surface area contributed by atoms with Gasteiger partial charge < -0.3 is 16.5 Å². The molecule has 2 rings (SSSR count). The molecule has 1 heterocycles. The minimum Gasteiger partial charge on any atom is -0.368 e. The second-order valence-electron chi connectivity index (χ2n) is 4.87. The number of carbonyl (C=O) groups excluding carboxylic acids is 1. The molecule has 112 valence electrons. The van der Waals surface area contributed by atoms with E-state index in [1.165, 1.54) is 6.07 Å². The van der Waals surface area contributed by atoms with Gasteiger partial charge in [0.1, 0.15) is 0 Å². The Bertz CT molecular complexity index is 574. The Morgan fingerprint density at radius 2 is 2.15 bits per heavy atom. The molecule has 8 heteroatoms. The number of aromatic amines is 1. The van der Waals surface area contributed by atoms with Gasteiger partial charge in [-0.3, -0.25) is 9.59 Å². The van der Waals surface area contributed by atoms with Crippen molar-refractivity contribution >= 4 is 18.3 Å². The van der Waals surface area contributed by atoms with E-state index in [2.05, 4.69) is 4.98 Å². The van der Waals surface area contributed by atoms with Gasteiger partial charge in [-0.15, -0.1) is 12.4 Å². The summed E-state index contributed by atoms with van der Waals surface area (Å²) in [4.78, 5) is 25.2. The van der Waals surface area contributed by atoms with Crippen LogP contribution in [-0.2, 0) is 24.1 Å². The molecule has 0 fully saturated rings. The summed E-state index contributed by atoms with van der Waals surface area (Å²) in [6, 6.07) is 0.410. The topological polar surface area (TPSA) is 102 Å². The number of alkyl halides is 2. The number of aryl methyl sites for hydroxylation is 1. The number of nitrogens with two attached hydrogens (primary N) is 2. The van der Waals surface area contributed by atoms with Crippen molar-refractivity contribution in [3.63, 3.8) is 0 Å². The van der Waals surface area contributed by atoms with Gasteiger partial charge >= 0.3 is 0 Å². The molecule has 0 spiro atoms. The third kappa shape index (κ3) is 3.55. The Morgan fingerprint density at radius 3 is 2.75 bits per heavy atom. The number of H-pyrrole nitrogens is 1. The van der Waals surface area contributed by atoms with Gasteiger partial charge in [-0.2, -0.15) is 0 Å². The first-order chi connectivity index (χ1) is 8.78. The molecule has 5 N–H and O–H groups in total. The van der Waals surface area contributed by atoms with Gasteiger partial charge in [-0.25, -0.2) is 8.78 Å². The Balaban J connectivity index is 0.00000200. The largest absolute Gasteiger partial charge is 0.368 e. The zero-order chi connectivity index (χ0) is 14.2. The number of nitrogens with one attached hydrogen (secondary N) is 1. The molecule has 1 aliphatic carbocycles. The number of fused-ring (bicyclic) bond motifs is 1. The van der Waals surface area contributed by atoms with E-state index in [0.29, 0.717) is 11.3 Å². The van der Waals surface area contributed by atoms with Gasteiger partial charge in [0.05, 0.1) is 6.04 Å². The summed E-state index contributed by atoms with van der Waals surface area (Å²) in [7, 11) is 0. The van der Waals surface area contributed by atoms with Gasteiger partial charge in [0.15, 0.2) is 0 Å². The van der Waals surface area contributed by atoms with Crippen molar-refractivity contribution < 1.29 is 13.6 Å². The number of primary amides is 1. The van der Waals surface area contributed by atoms with E-state index in [1.54, 1.807) is 0 Å². The molecule has 1 aliphatic rings.